The fourth-order valence-corrected chi connectivity index (χ4v) is 4.61. The molecular formula is C15H19N3O4S2. The topological polar surface area (TPSA) is 107 Å². The van der Waals surface area contributed by atoms with E-state index >= 15 is 0 Å². The Morgan fingerprint density at radius 1 is 1.29 bits per heavy atom. The van der Waals surface area contributed by atoms with Crippen LogP contribution in [0.1, 0.15) is 12.0 Å². The maximum atomic E-state index is 12.6. The van der Waals surface area contributed by atoms with Crippen molar-refractivity contribution in [2.24, 2.45) is 5.92 Å². The van der Waals surface area contributed by atoms with Crippen LogP contribution in [-0.2, 0) is 26.5 Å². The Balaban J connectivity index is 2.03. The quantitative estimate of drug-likeness (QED) is 0.766. The second-order valence-electron chi connectivity index (χ2n) is 5.56. The van der Waals surface area contributed by atoms with Gasteiger partial charge in [-0.2, -0.15) is 9.57 Å². The molecule has 0 aromatic heterocycles. The average molecular weight is 369 g/mol. The minimum Gasteiger partial charge on any atom is -0.211 e. The molecule has 1 fully saturated rings. The van der Waals surface area contributed by atoms with Crippen LogP contribution in [0.4, 0.5) is 0 Å². The molecule has 9 heteroatoms. The van der Waals surface area contributed by atoms with Gasteiger partial charge in [0, 0.05) is 25.0 Å². The van der Waals surface area contributed by atoms with Crippen LogP contribution in [0.5, 0.6) is 0 Å². The largest absolute Gasteiger partial charge is 0.243 e. The summed E-state index contributed by atoms with van der Waals surface area (Å²) in [7, 11) is -7.11. The highest BCUT2D eigenvalue weighted by molar-refractivity contribution is 7.92. The van der Waals surface area contributed by atoms with E-state index in [-0.39, 0.29) is 30.3 Å². The molecular weight excluding hydrogens is 350 g/mol. The van der Waals surface area contributed by atoms with Crippen molar-refractivity contribution in [3.63, 3.8) is 0 Å². The van der Waals surface area contributed by atoms with Gasteiger partial charge in [0.2, 0.25) is 20.0 Å². The third-order valence-electron chi connectivity index (χ3n) is 3.89. The lowest BCUT2D eigenvalue weighted by atomic mass is 10.1. The summed E-state index contributed by atoms with van der Waals surface area (Å²) < 4.78 is 51.7. The zero-order valence-electron chi connectivity index (χ0n) is 13.1. The van der Waals surface area contributed by atoms with Gasteiger partial charge in [-0.25, -0.2) is 21.6 Å². The first-order chi connectivity index (χ1) is 11.3. The molecule has 0 bridgehead atoms. The number of nitrogens with one attached hydrogen (secondary N) is 1. The third-order valence-corrected chi connectivity index (χ3v) is 6.77. The molecule has 1 atom stereocenters. The summed E-state index contributed by atoms with van der Waals surface area (Å²) in [4.78, 5) is 0.177. The molecule has 1 aliphatic rings. The molecule has 2 rings (SSSR count). The minimum absolute atomic E-state index is 0.0765. The second kappa shape index (κ2) is 7.44. The van der Waals surface area contributed by atoms with E-state index in [1.165, 1.54) is 16.4 Å². The van der Waals surface area contributed by atoms with Crippen LogP contribution in [0.15, 0.2) is 41.1 Å². The molecule has 0 amide bonds. The standard InChI is InChI=1S/C15H19N3O4S2/c1-2-23(19,20)17-11-14-8-10-18(12-14)24(21,22)15-5-3-13(4-6-15)7-9-16/h2-6,14,17H,1,7-8,10-12H2/t14-/m1/s1. The Bertz CT molecular complexity index is 840. The smallest absolute Gasteiger partial charge is 0.211 e. The van der Waals surface area contributed by atoms with Crippen molar-refractivity contribution in [3.05, 3.63) is 41.8 Å². The van der Waals surface area contributed by atoms with Crippen LogP contribution in [-0.4, -0.2) is 40.8 Å². The van der Waals surface area contributed by atoms with Crippen LogP contribution in [0, 0.1) is 17.2 Å². The zero-order chi connectivity index (χ0) is 17.8. The predicted octanol–water partition coefficient (Wildman–Crippen LogP) is 0.826. The molecule has 7 nitrogen and oxygen atoms in total. The van der Waals surface area contributed by atoms with Crippen molar-refractivity contribution in [2.75, 3.05) is 19.6 Å². The lowest BCUT2D eigenvalue weighted by Gasteiger charge is -2.17. The first kappa shape index (κ1) is 18.6. The van der Waals surface area contributed by atoms with Crippen LogP contribution < -0.4 is 4.72 Å². The van der Waals surface area contributed by atoms with Crippen molar-refractivity contribution in [3.8, 4) is 6.07 Å². The molecule has 1 saturated heterocycles. The number of sulfonamides is 2. The fraction of sp³-hybridized carbons (Fsp3) is 0.400. The summed E-state index contributed by atoms with van der Waals surface area (Å²) in [6, 6.07) is 8.26. The molecule has 1 aromatic rings. The minimum atomic E-state index is -3.61. The van der Waals surface area contributed by atoms with Gasteiger partial charge in [0.15, 0.2) is 0 Å². The number of nitrogens with zero attached hydrogens (tertiary/aromatic N) is 2. The van der Waals surface area contributed by atoms with Gasteiger partial charge in [0.1, 0.15) is 0 Å². The molecule has 1 aliphatic heterocycles. The first-order valence-corrected chi connectivity index (χ1v) is 10.4. The molecule has 130 valence electrons. The van der Waals surface area contributed by atoms with Crippen molar-refractivity contribution >= 4 is 20.0 Å². The highest BCUT2D eigenvalue weighted by atomic mass is 32.2. The normalized spacial score (nSPS) is 19.0. The SMILES string of the molecule is C=CS(=O)(=O)NC[C@H]1CCN(S(=O)(=O)c2ccc(CC#N)cc2)C1. The monoisotopic (exact) mass is 369 g/mol. The Kier molecular flexibility index (Phi) is 5.77. The Labute approximate surface area is 142 Å². The lowest BCUT2D eigenvalue weighted by Crippen LogP contribution is -2.32. The molecule has 1 N–H and O–H groups in total. The van der Waals surface area contributed by atoms with Gasteiger partial charge in [-0.3, -0.25) is 0 Å². The van der Waals surface area contributed by atoms with E-state index in [0.29, 0.717) is 13.0 Å². The van der Waals surface area contributed by atoms with Crippen molar-refractivity contribution in [1.29, 1.82) is 5.26 Å². The van der Waals surface area contributed by atoms with Gasteiger partial charge in [0.25, 0.3) is 0 Å². The molecule has 1 aromatic carbocycles. The van der Waals surface area contributed by atoms with E-state index in [4.69, 9.17) is 5.26 Å². The molecule has 1 heterocycles. The summed E-state index contributed by atoms with van der Waals surface area (Å²) in [5.74, 6) is -0.0765. The van der Waals surface area contributed by atoms with Gasteiger partial charge < -0.3 is 0 Å². The van der Waals surface area contributed by atoms with Crippen molar-refractivity contribution in [1.82, 2.24) is 9.03 Å². The van der Waals surface area contributed by atoms with E-state index in [1.54, 1.807) is 12.1 Å². The number of hydrogen-bond donors (Lipinski definition) is 1. The molecule has 0 radical (unpaired) electrons. The highest BCUT2D eigenvalue weighted by Crippen LogP contribution is 2.24. The van der Waals surface area contributed by atoms with E-state index in [9.17, 15) is 16.8 Å². The Morgan fingerprint density at radius 2 is 1.96 bits per heavy atom. The molecule has 0 spiro atoms. The van der Waals surface area contributed by atoms with E-state index < -0.39 is 20.0 Å². The summed E-state index contributed by atoms with van der Waals surface area (Å²) in [5.41, 5.74) is 0.759. The van der Waals surface area contributed by atoms with Crippen LogP contribution >= 0.6 is 0 Å². The Morgan fingerprint density at radius 3 is 2.54 bits per heavy atom. The van der Waals surface area contributed by atoms with Crippen molar-refractivity contribution in [2.45, 2.75) is 17.7 Å². The maximum absolute atomic E-state index is 12.6. The van der Waals surface area contributed by atoms with Crippen LogP contribution in [0.2, 0.25) is 0 Å². The van der Waals surface area contributed by atoms with Gasteiger partial charge >= 0.3 is 0 Å². The Hall–Kier alpha value is -1.73. The van der Waals surface area contributed by atoms with Gasteiger partial charge in [-0.15, -0.1) is 0 Å². The number of rotatable bonds is 7. The number of nitriles is 1. The van der Waals surface area contributed by atoms with Crippen molar-refractivity contribution < 1.29 is 16.8 Å². The summed E-state index contributed by atoms with van der Waals surface area (Å²) in [5, 5.41) is 9.48. The highest BCUT2D eigenvalue weighted by Gasteiger charge is 2.32. The van der Waals surface area contributed by atoms with Crippen LogP contribution in [0.3, 0.4) is 0 Å². The van der Waals surface area contributed by atoms with Gasteiger partial charge in [-0.05, 0) is 30.0 Å². The number of benzene rings is 1. The predicted molar refractivity (Wildman–Crippen MR) is 89.7 cm³/mol. The van der Waals surface area contributed by atoms with E-state index in [1.807, 2.05) is 6.07 Å². The molecule has 0 aliphatic carbocycles. The average Bonchev–Trinajstić information content (AvgIpc) is 3.04. The number of hydrogen-bond acceptors (Lipinski definition) is 5. The zero-order valence-corrected chi connectivity index (χ0v) is 14.7. The second-order valence-corrected chi connectivity index (χ2v) is 9.21. The van der Waals surface area contributed by atoms with Gasteiger partial charge in [-0.1, -0.05) is 18.7 Å². The third kappa shape index (κ3) is 4.42. The first-order valence-electron chi connectivity index (χ1n) is 7.36. The fourth-order valence-electron chi connectivity index (χ4n) is 2.49. The molecule has 0 saturated carbocycles. The van der Waals surface area contributed by atoms with E-state index in [0.717, 1.165) is 11.0 Å². The van der Waals surface area contributed by atoms with Gasteiger partial charge in [0.05, 0.1) is 17.4 Å². The summed E-state index contributed by atoms with van der Waals surface area (Å²) in [6.45, 7) is 4.01. The lowest BCUT2D eigenvalue weighted by molar-refractivity contribution is 0.455. The molecule has 24 heavy (non-hydrogen) atoms. The summed E-state index contributed by atoms with van der Waals surface area (Å²) >= 11 is 0. The summed E-state index contributed by atoms with van der Waals surface area (Å²) in [6.07, 6.45) is 0.820. The molecule has 0 unspecified atom stereocenters. The van der Waals surface area contributed by atoms with E-state index in [2.05, 4.69) is 11.3 Å². The van der Waals surface area contributed by atoms with Crippen LogP contribution in [0.25, 0.3) is 0 Å². The maximum Gasteiger partial charge on any atom is 0.243 e.